The van der Waals surface area contributed by atoms with E-state index in [1.165, 1.54) is 10.6 Å². The maximum Gasteiger partial charge on any atom is 0.417 e. The topological polar surface area (TPSA) is 55.0 Å². The fraction of sp³-hybridized carbons (Fsp3) is 0.250. The van der Waals surface area contributed by atoms with Gasteiger partial charge in [0.25, 0.3) is 5.56 Å². The van der Waals surface area contributed by atoms with Crippen molar-refractivity contribution >= 4 is 0 Å². The smallest absolute Gasteiger partial charge is 0.417 e. The molecule has 200 valence electrons. The normalized spacial score (nSPS) is 11.5. The maximum absolute atomic E-state index is 14.0. The second-order valence-electron chi connectivity index (χ2n) is 10.1. The quantitative estimate of drug-likeness (QED) is 0.252. The fourth-order valence-electron chi connectivity index (χ4n) is 4.55. The van der Waals surface area contributed by atoms with Crippen molar-refractivity contribution in [3.8, 4) is 28.8 Å². The highest BCUT2D eigenvalue weighted by atomic mass is 19.4. The van der Waals surface area contributed by atoms with Crippen molar-refractivity contribution < 1.29 is 17.9 Å². The third-order valence-corrected chi connectivity index (χ3v) is 6.72. The van der Waals surface area contributed by atoms with E-state index in [1.807, 2.05) is 77.1 Å². The van der Waals surface area contributed by atoms with Crippen molar-refractivity contribution in [2.45, 2.75) is 53.3 Å². The molecule has 0 saturated carbocycles. The van der Waals surface area contributed by atoms with Gasteiger partial charge < -0.3 is 9.30 Å². The van der Waals surface area contributed by atoms with Gasteiger partial charge in [0.05, 0.1) is 17.8 Å². The Balaban J connectivity index is 1.93. The summed E-state index contributed by atoms with van der Waals surface area (Å²) in [6.07, 6.45) is -4.87. The third-order valence-electron chi connectivity index (χ3n) is 6.72. The third kappa shape index (κ3) is 5.91. The van der Waals surface area contributed by atoms with Crippen molar-refractivity contribution in [1.29, 1.82) is 5.26 Å². The molecule has 0 N–H and O–H groups in total. The Labute approximate surface area is 225 Å². The van der Waals surface area contributed by atoms with Crippen LogP contribution in [0.15, 0.2) is 71.5 Å². The van der Waals surface area contributed by atoms with E-state index in [0.717, 1.165) is 33.9 Å². The Hall–Kier alpha value is -4.31. The van der Waals surface area contributed by atoms with Crippen LogP contribution >= 0.6 is 0 Å². The Kier molecular flexibility index (Phi) is 7.69. The first kappa shape index (κ1) is 27.7. The van der Waals surface area contributed by atoms with Gasteiger partial charge in [-0.2, -0.15) is 18.4 Å². The van der Waals surface area contributed by atoms with E-state index in [2.05, 4.69) is 0 Å². The molecule has 39 heavy (non-hydrogen) atoms. The van der Waals surface area contributed by atoms with Crippen molar-refractivity contribution in [1.82, 2.24) is 4.57 Å². The van der Waals surface area contributed by atoms with Crippen LogP contribution in [-0.2, 0) is 12.7 Å². The summed E-state index contributed by atoms with van der Waals surface area (Å²) in [5, 5.41) is 9.54. The predicted octanol–water partition coefficient (Wildman–Crippen LogP) is 8.30. The minimum absolute atomic E-state index is 0.0196. The average molecular weight is 531 g/mol. The molecular weight excluding hydrogens is 501 g/mol. The number of rotatable bonds is 6. The molecule has 4 nitrogen and oxygen atoms in total. The predicted molar refractivity (Wildman–Crippen MR) is 146 cm³/mol. The molecule has 1 heterocycles. The standard InChI is InChI=1S/C32H29F3N2O2/c1-19(2)26-15-23(10-13-30(26)39-25-11-7-20(3)8-12-25)29-16-28(32(33,34)35)27(17-36)31(38)37(29)18-24-9-6-21(4)14-22(24)5/h6-16,19H,18H2,1-5H3. The van der Waals surface area contributed by atoms with Gasteiger partial charge in [0.15, 0.2) is 0 Å². The van der Waals surface area contributed by atoms with E-state index in [0.29, 0.717) is 17.1 Å². The second-order valence-corrected chi connectivity index (χ2v) is 10.1. The van der Waals surface area contributed by atoms with Crippen LogP contribution < -0.4 is 10.3 Å². The summed E-state index contributed by atoms with van der Waals surface area (Å²) in [6.45, 7) is 9.74. The number of pyridine rings is 1. The van der Waals surface area contributed by atoms with E-state index in [-0.39, 0.29) is 18.2 Å². The number of hydrogen-bond donors (Lipinski definition) is 0. The number of nitriles is 1. The zero-order valence-electron chi connectivity index (χ0n) is 22.5. The van der Waals surface area contributed by atoms with Crippen molar-refractivity contribution in [2.24, 2.45) is 0 Å². The maximum atomic E-state index is 14.0. The lowest BCUT2D eigenvalue weighted by Gasteiger charge is -2.20. The largest absolute Gasteiger partial charge is 0.457 e. The molecule has 0 aliphatic rings. The molecule has 4 aromatic rings. The molecule has 0 radical (unpaired) electrons. The molecule has 0 unspecified atom stereocenters. The SMILES string of the molecule is Cc1ccc(Oc2ccc(-c3cc(C(F)(F)F)c(C#N)c(=O)n3Cc3ccc(C)cc3C)cc2C(C)C)cc1. The number of halogens is 3. The van der Waals surface area contributed by atoms with Crippen LogP contribution in [0, 0.1) is 32.1 Å². The van der Waals surface area contributed by atoms with E-state index in [9.17, 15) is 23.2 Å². The summed E-state index contributed by atoms with van der Waals surface area (Å²) in [4.78, 5) is 13.4. The van der Waals surface area contributed by atoms with E-state index < -0.39 is 22.9 Å². The summed E-state index contributed by atoms with van der Waals surface area (Å²) < 4.78 is 49.4. The number of aryl methyl sites for hydroxylation is 3. The van der Waals surface area contributed by atoms with Crippen LogP contribution in [0.1, 0.15) is 58.7 Å². The van der Waals surface area contributed by atoms with Gasteiger partial charge in [-0.25, -0.2) is 0 Å². The molecule has 0 amide bonds. The van der Waals surface area contributed by atoms with Gasteiger partial charge >= 0.3 is 6.18 Å². The Morgan fingerprint density at radius 2 is 1.59 bits per heavy atom. The van der Waals surface area contributed by atoms with E-state index >= 15 is 0 Å². The number of ether oxygens (including phenoxy) is 1. The Morgan fingerprint density at radius 3 is 2.18 bits per heavy atom. The number of aromatic nitrogens is 1. The van der Waals surface area contributed by atoms with Crippen molar-refractivity contribution in [2.75, 3.05) is 0 Å². The van der Waals surface area contributed by atoms with Gasteiger partial charge in [-0.3, -0.25) is 4.79 Å². The van der Waals surface area contributed by atoms with Crippen LogP contribution in [-0.4, -0.2) is 4.57 Å². The van der Waals surface area contributed by atoms with Gasteiger partial charge in [-0.05, 0) is 85.3 Å². The summed E-state index contributed by atoms with van der Waals surface area (Å²) >= 11 is 0. The molecule has 0 aliphatic carbocycles. The highest BCUT2D eigenvalue weighted by Crippen LogP contribution is 2.37. The van der Waals surface area contributed by atoms with Crippen LogP contribution in [0.2, 0.25) is 0 Å². The molecule has 0 saturated heterocycles. The van der Waals surface area contributed by atoms with Gasteiger partial charge in [-0.15, -0.1) is 0 Å². The Morgan fingerprint density at radius 1 is 0.923 bits per heavy atom. The summed E-state index contributed by atoms with van der Waals surface area (Å²) in [5.41, 5.74) is 1.93. The van der Waals surface area contributed by atoms with E-state index in [1.54, 1.807) is 18.2 Å². The van der Waals surface area contributed by atoms with Gasteiger partial charge in [0, 0.05) is 0 Å². The molecule has 0 spiro atoms. The number of hydrogen-bond acceptors (Lipinski definition) is 3. The number of alkyl halides is 3. The van der Waals surface area contributed by atoms with Gasteiger partial charge in [-0.1, -0.05) is 55.3 Å². The first-order valence-electron chi connectivity index (χ1n) is 12.6. The van der Waals surface area contributed by atoms with Gasteiger partial charge in [0.2, 0.25) is 0 Å². The molecular formula is C32H29F3N2O2. The first-order chi connectivity index (χ1) is 18.4. The lowest BCUT2D eigenvalue weighted by Crippen LogP contribution is -2.29. The zero-order valence-corrected chi connectivity index (χ0v) is 22.5. The zero-order chi connectivity index (χ0) is 28.5. The van der Waals surface area contributed by atoms with Crippen LogP contribution in [0.4, 0.5) is 13.2 Å². The highest BCUT2D eigenvalue weighted by molar-refractivity contribution is 5.66. The molecule has 7 heteroatoms. The van der Waals surface area contributed by atoms with Crippen molar-refractivity contribution in [3.05, 3.63) is 116 Å². The number of nitrogens with zero attached hydrogens (tertiary/aromatic N) is 2. The lowest BCUT2D eigenvalue weighted by atomic mass is 9.96. The Bertz CT molecular complexity index is 1630. The second kappa shape index (κ2) is 10.8. The number of benzene rings is 3. The minimum atomic E-state index is -4.87. The summed E-state index contributed by atoms with van der Waals surface area (Å²) in [7, 11) is 0. The minimum Gasteiger partial charge on any atom is -0.457 e. The fourth-order valence-corrected chi connectivity index (χ4v) is 4.55. The van der Waals surface area contributed by atoms with Crippen LogP contribution in [0.25, 0.3) is 11.3 Å². The van der Waals surface area contributed by atoms with Crippen LogP contribution in [0.3, 0.4) is 0 Å². The average Bonchev–Trinajstić information content (AvgIpc) is 2.87. The van der Waals surface area contributed by atoms with Gasteiger partial charge in [0.1, 0.15) is 23.1 Å². The van der Waals surface area contributed by atoms with Crippen molar-refractivity contribution in [3.63, 3.8) is 0 Å². The highest BCUT2D eigenvalue weighted by Gasteiger charge is 2.36. The molecule has 4 rings (SSSR count). The summed E-state index contributed by atoms with van der Waals surface area (Å²) in [6, 6.07) is 20.8. The monoisotopic (exact) mass is 530 g/mol. The molecule has 3 aromatic carbocycles. The molecule has 1 aromatic heterocycles. The summed E-state index contributed by atoms with van der Waals surface area (Å²) in [5.74, 6) is 1.19. The molecule has 0 atom stereocenters. The molecule has 0 bridgehead atoms. The first-order valence-corrected chi connectivity index (χ1v) is 12.6. The lowest BCUT2D eigenvalue weighted by molar-refractivity contribution is -0.137. The van der Waals surface area contributed by atoms with Crippen LogP contribution in [0.5, 0.6) is 11.5 Å². The molecule has 0 aliphatic heterocycles. The molecule has 0 fully saturated rings. The van der Waals surface area contributed by atoms with E-state index in [4.69, 9.17) is 4.74 Å².